The zero-order valence-electron chi connectivity index (χ0n) is 16.3. The van der Waals surface area contributed by atoms with Gasteiger partial charge in [-0.1, -0.05) is 23.7 Å². The lowest BCUT2D eigenvalue weighted by Crippen LogP contribution is -2.30. The summed E-state index contributed by atoms with van der Waals surface area (Å²) in [5, 5.41) is 13.7. The fourth-order valence-electron chi connectivity index (χ4n) is 2.81. The Morgan fingerprint density at radius 1 is 1.25 bits per heavy atom. The molecule has 7 nitrogen and oxygen atoms in total. The van der Waals surface area contributed by atoms with E-state index in [1.807, 2.05) is 0 Å². The van der Waals surface area contributed by atoms with Crippen LogP contribution in [0.3, 0.4) is 0 Å². The summed E-state index contributed by atoms with van der Waals surface area (Å²) in [7, 11) is 0. The maximum atomic E-state index is 13.0. The van der Waals surface area contributed by atoms with E-state index in [1.54, 1.807) is 18.2 Å². The maximum absolute atomic E-state index is 13.0. The first kappa shape index (κ1) is 22.3. The number of benzene rings is 1. The van der Waals surface area contributed by atoms with Crippen LogP contribution >= 0.6 is 23.5 Å². The molecule has 1 saturated carbocycles. The van der Waals surface area contributed by atoms with Gasteiger partial charge in [-0.2, -0.15) is 13.2 Å². The van der Waals surface area contributed by atoms with Crippen LogP contribution in [0.15, 0.2) is 53.6 Å². The van der Waals surface area contributed by atoms with Crippen molar-refractivity contribution in [1.29, 1.82) is 0 Å². The van der Waals surface area contributed by atoms with Crippen LogP contribution in [0, 0.1) is 5.41 Å². The fraction of sp³-hybridized carbons (Fsp3) is 0.250. The van der Waals surface area contributed by atoms with E-state index >= 15 is 0 Å². The molecule has 2 aromatic heterocycles. The minimum absolute atomic E-state index is 0.0249. The standard InChI is InChI=1S/C20H16ClF3N4O3S/c21-17-12(18(30)27-32-14-4-2-1-3-13(14)29)5-6-15(25-17)28-10-7-16(26-28)31-11-19(8-9-19)20(22,23)24/h1-7,10,29H,8-9,11H2,(H,27,30). The zero-order valence-corrected chi connectivity index (χ0v) is 17.8. The van der Waals surface area contributed by atoms with E-state index in [4.69, 9.17) is 16.3 Å². The van der Waals surface area contributed by atoms with Crippen molar-refractivity contribution in [1.82, 2.24) is 19.5 Å². The molecule has 0 aliphatic heterocycles. The number of alkyl halides is 3. The molecule has 4 rings (SSSR count). The van der Waals surface area contributed by atoms with E-state index in [1.165, 1.54) is 35.1 Å². The number of aromatic nitrogens is 3. The SMILES string of the molecule is O=C(NSc1ccccc1O)c1ccc(-n2ccc(OCC3(C(F)(F)F)CC3)n2)nc1Cl. The van der Waals surface area contributed by atoms with Crippen LogP contribution < -0.4 is 9.46 Å². The number of halogens is 4. The predicted molar refractivity (Wildman–Crippen MR) is 111 cm³/mol. The second-order valence-corrected chi connectivity index (χ2v) is 8.38. The number of aromatic hydroxyl groups is 1. The number of carbonyl (C=O) groups excluding carboxylic acids is 1. The lowest BCUT2D eigenvalue weighted by atomic mass is 10.1. The monoisotopic (exact) mass is 484 g/mol. The van der Waals surface area contributed by atoms with Gasteiger partial charge in [0, 0.05) is 12.3 Å². The molecule has 32 heavy (non-hydrogen) atoms. The Kier molecular flexibility index (Phi) is 5.95. The van der Waals surface area contributed by atoms with E-state index in [-0.39, 0.29) is 41.0 Å². The van der Waals surface area contributed by atoms with E-state index in [9.17, 15) is 23.1 Å². The molecule has 0 unspecified atom stereocenters. The van der Waals surface area contributed by atoms with Crippen molar-refractivity contribution in [3.63, 3.8) is 0 Å². The Hall–Kier alpha value is -2.92. The van der Waals surface area contributed by atoms with Crippen LogP contribution in [0.4, 0.5) is 13.2 Å². The molecule has 1 aliphatic rings. The fourth-order valence-corrected chi connectivity index (χ4v) is 3.67. The number of para-hydroxylation sites is 1. The van der Waals surface area contributed by atoms with E-state index in [0.717, 1.165) is 11.9 Å². The van der Waals surface area contributed by atoms with E-state index < -0.39 is 24.1 Å². The summed E-state index contributed by atoms with van der Waals surface area (Å²) in [5.41, 5.74) is -1.69. The van der Waals surface area contributed by atoms with Crippen LogP contribution in [-0.4, -0.2) is 38.6 Å². The van der Waals surface area contributed by atoms with Gasteiger partial charge < -0.3 is 9.84 Å². The van der Waals surface area contributed by atoms with Gasteiger partial charge in [-0.3, -0.25) is 9.52 Å². The first-order valence-electron chi connectivity index (χ1n) is 9.36. The summed E-state index contributed by atoms with van der Waals surface area (Å²) in [4.78, 5) is 17.0. The number of ether oxygens (including phenoxy) is 1. The normalized spacial score (nSPS) is 14.8. The largest absolute Gasteiger partial charge is 0.507 e. The summed E-state index contributed by atoms with van der Waals surface area (Å²) in [6.45, 7) is -0.491. The number of nitrogens with one attached hydrogen (secondary N) is 1. The number of nitrogens with zero attached hydrogens (tertiary/aromatic N) is 3. The topological polar surface area (TPSA) is 89.3 Å². The highest BCUT2D eigenvalue weighted by Gasteiger charge is 2.64. The molecule has 0 bridgehead atoms. The maximum Gasteiger partial charge on any atom is 0.397 e. The lowest BCUT2D eigenvalue weighted by molar-refractivity contribution is -0.194. The number of hydrogen-bond donors (Lipinski definition) is 2. The van der Waals surface area contributed by atoms with Gasteiger partial charge in [0.1, 0.15) is 22.9 Å². The van der Waals surface area contributed by atoms with Gasteiger partial charge in [-0.25, -0.2) is 9.67 Å². The molecule has 0 spiro atoms. The highest BCUT2D eigenvalue weighted by Crippen LogP contribution is 2.57. The van der Waals surface area contributed by atoms with Crippen LogP contribution in [0.2, 0.25) is 5.15 Å². The number of pyridine rings is 1. The minimum Gasteiger partial charge on any atom is -0.507 e. The molecular formula is C20H16ClF3N4O3S. The molecule has 12 heteroatoms. The van der Waals surface area contributed by atoms with Crippen LogP contribution in [0.5, 0.6) is 11.6 Å². The molecule has 0 atom stereocenters. The van der Waals surface area contributed by atoms with Crippen molar-refractivity contribution in [2.45, 2.75) is 23.9 Å². The third-order valence-corrected chi connectivity index (χ3v) is 6.09. The molecule has 0 radical (unpaired) electrons. The van der Waals surface area contributed by atoms with Crippen LogP contribution in [-0.2, 0) is 0 Å². The second-order valence-electron chi connectivity index (χ2n) is 7.17. The number of phenolic OH excluding ortho intramolecular Hbond substituents is 1. The van der Waals surface area contributed by atoms with Gasteiger partial charge >= 0.3 is 6.18 Å². The van der Waals surface area contributed by atoms with Gasteiger partial charge in [-0.15, -0.1) is 5.10 Å². The van der Waals surface area contributed by atoms with Crippen molar-refractivity contribution in [2.24, 2.45) is 5.41 Å². The Balaban J connectivity index is 1.40. The molecule has 3 aromatic rings. The van der Waals surface area contributed by atoms with Gasteiger partial charge in [0.25, 0.3) is 5.91 Å². The molecule has 1 aliphatic carbocycles. The molecule has 2 heterocycles. The number of rotatable bonds is 7. The first-order chi connectivity index (χ1) is 15.2. The quantitative estimate of drug-likeness (QED) is 0.370. The smallest absolute Gasteiger partial charge is 0.397 e. The Bertz CT molecular complexity index is 1150. The number of hydrogen-bond acceptors (Lipinski definition) is 6. The number of phenols is 1. The van der Waals surface area contributed by atoms with Crippen molar-refractivity contribution in [2.75, 3.05) is 6.61 Å². The number of amides is 1. The van der Waals surface area contributed by atoms with Crippen molar-refractivity contribution in [3.05, 3.63) is 59.4 Å². The minimum atomic E-state index is -4.31. The lowest BCUT2D eigenvalue weighted by Gasteiger charge is -2.18. The van der Waals surface area contributed by atoms with Gasteiger partial charge in [0.2, 0.25) is 5.88 Å². The van der Waals surface area contributed by atoms with E-state index in [0.29, 0.717) is 4.90 Å². The van der Waals surface area contributed by atoms with Crippen molar-refractivity contribution < 1.29 is 27.8 Å². The molecule has 168 valence electrons. The highest BCUT2D eigenvalue weighted by molar-refractivity contribution is 7.98. The zero-order chi connectivity index (χ0) is 22.9. The van der Waals surface area contributed by atoms with Gasteiger partial charge in [-0.05, 0) is 49.1 Å². The van der Waals surface area contributed by atoms with Crippen LogP contribution in [0.1, 0.15) is 23.2 Å². The predicted octanol–water partition coefficient (Wildman–Crippen LogP) is 4.78. The van der Waals surface area contributed by atoms with Crippen molar-refractivity contribution in [3.8, 4) is 17.4 Å². The number of carbonyl (C=O) groups is 1. The first-order valence-corrected chi connectivity index (χ1v) is 10.6. The molecule has 1 fully saturated rings. The average molecular weight is 485 g/mol. The summed E-state index contributed by atoms with van der Waals surface area (Å²) in [5.74, 6) is -0.211. The second kappa shape index (κ2) is 8.55. The molecule has 1 aromatic carbocycles. The summed E-state index contributed by atoms with van der Waals surface area (Å²) >= 11 is 7.07. The Morgan fingerprint density at radius 3 is 2.66 bits per heavy atom. The molecular weight excluding hydrogens is 469 g/mol. The third-order valence-electron chi connectivity index (χ3n) is 4.95. The molecule has 0 saturated heterocycles. The summed E-state index contributed by atoms with van der Waals surface area (Å²) in [6, 6.07) is 10.9. The third kappa shape index (κ3) is 4.63. The highest BCUT2D eigenvalue weighted by atomic mass is 35.5. The van der Waals surface area contributed by atoms with Crippen LogP contribution in [0.25, 0.3) is 5.82 Å². The van der Waals surface area contributed by atoms with Gasteiger partial charge in [0.15, 0.2) is 5.82 Å². The molecule has 1 amide bonds. The Labute approximate surface area is 189 Å². The summed E-state index contributed by atoms with van der Waals surface area (Å²) < 4.78 is 48.1. The molecule has 2 N–H and O–H groups in total. The van der Waals surface area contributed by atoms with Gasteiger partial charge in [0.05, 0.1) is 10.5 Å². The Morgan fingerprint density at radius 2 is 2.00 bits per heavy atom. The van der Waals surface area contributed by atoms with E-state index in [2.05, 4.69) is 14.8 Å². The van der Waals surface area contributed by atoms with Crippen molar-refractivity contribution >= 4 is 29.5 Å². The average Bonchev–Trinajstić information content (AvgIpc) is 3.42. The summed E-state index contributed by atoms with van der Waals surface area (Å²) in [6.07, 6.45) is -2.76.